The summed E-state index contributed by atoms with van der Waals surface area (Å²) in [5, 5.41) is 11.1. The number of alkyl halides is 1. The van der Waals surface area contributed by atoms with Crippen LogP contribution in [-0.2, 0) is 7.05 Å². The van der Waals surface area contributed by atoms with Crippen molar-refractivity contribution in [1.29, 1.82) is 0 Å². The zero-order chi connectivity index (χ0) is 27.1. The number of benzene rings is 2. The molecule has 1 fully saturated rings. The average Bonchev–Trinajstić information content (AvgIpc) is 3.58. The van der Waals surface area contributed by atoms with Crippen molar-refractivity contribution in [3.63, 3.8) is 0 Å². The predicted octanol–water partition coefficient (Wildman–Crippen LogP) is 5.39. The fourth-order valence-electron chi connectivity index (χ4n) is 5.01. The third-order valence-corrected chi connectivity index (χ3v) is 7.96. The van der Waals surface area contributed by atoms with Gasteiger partial charge in [0.25, 0.3) is 0 Å². The standard InChI is InChI=1S/C27H27F2N7O2S/c1-4-27(29)12-30-8-7-21(27)38-20-10-15(16-11-36(2)35-26(16)37-3)9-19-22(20)25(32-13-31-19)34-17-5-6-18-24(23(17)28)39-14-33-18/h5-6,9-11,13-14,21,30H,4,7-8,12H2,1-3H3,(H,31,32,34)/t21-,27+/m1/s1. The van der Waals surface area contributed by atoms with Crippen molar-refractivity contribution in [2.24, 2.45) is 7.05 Å². The molecular formula is C27H27F2N7O2S. The Kier molecular flexibility index (Phi) is 6.51. The lowest BCUT2D eigenvalue weighted by Gasteiger charge is -2.37. The second-order valence-corrected chi connectivity index (χ2v) is 10.4. The first-order chi connectivity index (χ1) is 18.9. The number of methoxy groups -OCH3 is 1. The van der Waals surface area contributed by atoms with Crippen LogP contribution in [0.4, 0.5) is 20.3 Å². The van der Waals surface area contributed by atoms with E-state index in [2.05, 4.69) is 30.7 Å². The number of fused-ring (bicyclic) bond motifs is 2. The van der Waals surface area contributed by atoms with Crippen LogP contribution in [0.2, 0.25) is 0 Å². The molecule has 1 saturated heterocycles. The summed E-state index contributed by atoms with van der Waals surface area (Å²) in [6.07, 6.45) is 3.31. The van der Waals surface area contributed by atoms with Crippen LogP contribution in [-0.4, -0.2) is 56.7 Å². The maximum absolute atomic E-state index is 15.9. The fraction of sp³-hybridized carbons (Fsp3) is 0.333. The van der Waals surface area contributed by atoms with Gasteiger partial charge < -0.3 is 20.1 Å². The Balaban J connectivity index is 1.51. The van der Waals surface area contributed by atoms with E-state index in [9.17, 15) is 0 Å². The summed E-state index contributed by atoms with van der Waals surface area (Å²) in [7, 11) is 3.35. The van der Waals surface area contributed by atoms with Gasteiger partial charge in [-0.05, 0) is 49.2 Å². The molecule has 12 heteroatoms. The Morgan fingerprint density at radius 1 is 1.23 bits per heavy atom. The molecule has 9 nitrogen and oxygen atoms in total. The van der Waals surface area contributed by atoms with Crippen LogP contribution >= 0.6 is 11.3 Å². The van der Waals surface area contributed by atoms with Gasteiger partial charge in [-0.1, -0.05) is 6.92 Å². The number of aryl methyl sites for hydroxylation is 1. The van der Waals surface area contributed by atoms with Gasteiger partial charge in [-0.25, -0.2) is 23.7 Å². The Morgan fingerprint density at radius 3 is 2.92 bits per heavy atom. The first-order valence-electron chi connectivity index (χ1n) is 12.6. The van der Waals surface area contributed by atoms with E-state index in [0.717, 1.165) is 11.1 Å². The quantitative estimate of drug-likeness (QED) is 0.278. The summed E-state index contributed by atoms with van der Waals surface area (Å²) in [6.45, 7) is 2.64. The molecule has 2 aromatic carbocycles. The molecule has 1 aliphatic heterocycles. The summed E-state index contributed by atoms with van der Waals surface area (Å²) < 4.78 is 45.3. The highest BCUT2D eigenvalue weighted by molar-refractivity contribution is 7.16. The highest BCUT2D eigenvalue weighted by Gasteiger charge is 2.42. The third kappa shape index (κ3) is 4.53. The molecule has 0 saturated carbocycles. The first kappa shape index (κ1) is 25.4. The minimum Gasteiger partial charge on any atom is -0.486 e. The lowest BCUT2D eigenvalue weighted by atomic mass is 9.90. The molecule has 6 rings (SSSR count). The highest BCUT2D eigenvalue weighted by Crippen LogP contribution is 2.41. The van der Waals surface area contributed by atoms with Gasteiger partial charge in [0.05, 0.1) is 45.0 Å². The van der Waals surface area contributed by atoms with Crippen molar-refractivity contribution in [2.45, 2.75) is 31.5 Å². The van der Waals surface area contributed by atoms with Gasteiger partial charge in [-0.3, -0.25) is 4.68 Å². The molecule has 39 heavy (non-hydrogen) atoms. The average molecular weight is 552 g/mol. The van der Waals surface area contributed by atoms with Crippen molar-refractivity contribution in [2.75, 3.05) is 25.5 Å². The van der Waals surface area contributed by atoms with Gasteiger partial charge in [0, 0.05) is 19.8 Å². The Hall–Kier alpha value is -3.90. The third-order valence-electron chi connectivity index (χ3n) is 7.13. The van der Waals surface area contributed by atoms with E-state index >= 15 is 8.78 Å². The number of piperidine rings is 1. The van der Waals surface area contributed by atoms with E-state index in [4.69, 9.17) is 9.47 Å². The molecule has 0 amide bonds. The van der Waals surface area contributed by atoms with E-state index in [1.165, 1.54) is 17.7 Å². The number of nitrogens with zero attached hydrogens (tertiary/aromatic N) is 5. The number of hydrogen-bond donors (Lipinski definition) is 2. The maximum Gasteiger partial charge on any atom is 0.240 e. The number of nitrogens with one attached hydrogen (secondary N) is 2. The van der Waals surface area contributed by atoms with Crippen molar-refractivity contribution in [1.82, 2.24) is 30.0 Å². The molecule has 202 valence electrons. The van der Waals surface area contributed by atoms with Crippen LogP contribution in [0.1, 0.15) is 19.8 Å². The van der Waals surface area contributed by atoms with E-state index in [0.29, 0.717) is 58.0 Å². The number of hydrogen-bond acceptors (Lipinski definition) is 9. The Labute approximate surface area is 227 Å². The summed E-state index contributed by atoms with van der Waals surface area (Å²) in [5.74, 6) is 0.744. The molecule has 2 N–H and O–H groups in total. The molecule has 3 aromatic heterocycles. The fourth-order valence-corrected chi connectivity index (χ4v) is 5.73. The minimum atomic E-state index is -1.56. The summed E-state index contributed by atoms with van der Waals surface area (Å²) in [4.78, 5) is 13.1. The Morgan fingerprint density at radius 2 is 2.10 bits per heavy atom. The highest BCUT2D eigenvalue weighted by atomic mass is 32.1. The number of aromatic nitrogens is 5. The number of anilines is 2. The van der Waals surface area contributed by atoms with Gasteiger partial charge in [0.1, 0.15) is 24.0 Å². The zero-order valence-electron chi connectivity index (χ0n) is 21.7. The van der Waals surface area contributed by atoms with E-state index < -0.39 is 17.6 Å². The zero-order valence-corrected chi connectivity index (χ0v) is 22.5. The molecule has 4 heterocycles. The lowest BCUT2D eigenvalue weighted by Crippen LogP contribution is -2.54. The molecular weight excluding hydrogens is 524 g/mol. The minimum absolute atomic E-state index is 0.198. The molecule has 5 aromatic rings. The number of ether oxygens (including phenoxy) is 2. The Bertz CT molecular complexity index is 1670. The summed E-state index contributed by atoms with van der Waals surface area (Å²) in [6, 6.07) is 7.05. The van der Waals surface area contributed by atoms with Crippen molar-refractivity contribution < 1.29 is 18.3 Å². The normalized spacial score (nSPS) is 19.5. The van der Waals surface area contributed by atoms with Crippen LogP contribution in [0.25, 0.3) is 32.2 Å². The van der Waals surface area contributed by atoms with Crippen LogP contribution in [0.5, 0.6) is 11.6 Å². The topological polar surface area (TPSA) is 99.0 Å². The van der Waals surface area contributed by atoms with Gasteiger partial charge in [-0.2, -0.15) is 0 Å². The first-order valence-corrected chi connectivity index (χ1v) is 13.5. The van der Waals surface area contributed by atoms with E-state index in [1.807, 2.05) is 25.3 Å². The van der Waals surface area contributed by atoms with Crippen LogP contribution in [0.3, 0.4) is 0 Å². The lowest BCUT2D eigenvalue weighted by molar-refractivity contribution is -0.0149. The van der Waals surface area contributed by atoms with Crippen molar-refractivity contribution >= 4 is 44.0 Å². The van der Waals surface area contributed by atoms with E-state index in [1.54, 1.807) is 36.5 Å². The molecule has 0 aliphatic carbocycles. The van der Waals surface area contributed by atoms with Gasteiger partial charge in [0.15, 0.2) is 11.5 Å². The summed E-state index contributed by atoms with van der Waals surface area (Å²) >= 11 is 1.23. The SMILES string of the molecule is CC[C@]1(F)CNCC[C@H]1Oc1cc(-c2cn(C)nc2OC)cc2ncnc(Nc3ccc4ncsc4c3F)c12. The molecule has 2 atom stereocenters. The number of rotatable bonds is 7. The molecule has 0 bridgehead atoms. The smallest absolute Gasteiger partial charge is 0.240 e. The second-order valence-electron chi connectivity index (χ2n) is 9.53. The molecule has 0 unspecified atom stereocenters. The summed E-state index contributed by atoms with van der Waals surface area (Å²) in [5.41, 5.74) is 2.88. The predicted molar refractivity (Wildman–Crippen MR) is 147 cm³/mol. The largest absolute Gasteiger partial charge is 0.486 e. The van der Waals surface area contributed by atoms with Crippen LogP contribution < -0.4 is 20.1 Å². The van der Waals surface area contributed by atoms with Crippen molar-refractivity contribution in [3.8, 4) is 22.8 Å². The van der Waals surface area contributed by atoms with Gasteiger partial charge in [-0.15, -0.1) is 16.4 Å². The molecule has 0 spiro atoms. The van der Waals surface area contributed by atoms with Gasteiger partial charge >= 0.3 is 0 Å². The number of thiazole rings is 1. The van der Waals surface area contributed by atoms with E-state index in [-0.39, 0.29) is 12.2 Å². The second kappa shape index (κ2) is 10.0. The van der Waals surface area contributed by atoms with Gasteiger partial charge in [0.2, 0.25) is 5.88 Å². The number of halogens is 2. The maximum atomic E-state index is 15.9. The van der Waals surface area contributed by atoms with Crippen LogP contribution in [0, 0.1) is 5.82 Å². The van der Waals surface area contributed by atoms with Crippen LogP contribution in [0.15, 0.2) is 42.3 Å². The molecule has 1 aliphatic rings. The molecule has 0 radical (unpaired) electrons. The monoisotopic (exact) mass is 551 g/mol. The van der Waals surface area contributed by atoms with Crippen molar-refractivity contribution in [3.05, 3.63) is 48.1 Å².